The van der Waals surface area contributed by atoms with Crippen LogP contribution in [-0.2, 0) is 0 Å². The molecule has 0 atom stereocenters. The van der Waals surface area contributed by atoms with Gasteiger partial charge in [-0.25, -0.2) is 0 Å². The van der Waals surface area contributed by atoms with Crippen molar-refractivity contribution in [3.8, 4) is 11.3 Å². The van der Waals surface area contributed by atoms with Crippen LogP contribution in [0.1, 0.15) is 0 Å². The van der Waals surface area contributed by atoms with Gasteiger partial charge in [-0.05, 0) is 12.1 Å². The molecule has 0 spiro atoms. The second kappa shape index (κ2) is 3.34. The van der Waals surface area contributed by atoms with Gasteiger partial charge in [0.15, 0.2) is 11.6 Å². The standard InChI is InChI=1S/C12H9N3O/c13-12-7-11(16-15-12)9-3-1-5-10-8(9)4-2-6-14-10/h1-7H,(H2,13,15). The number of nitrogens with two attached hydrogens (primary N) is 1. The number of anilines is 1. The number of hydrogen-bond acceptors (Lipinski definition) is 4. The van der Waals surface area contributed by atoms with Crippen molar-refractivity contribution in [1.29, 1.82) is 0 Å². The Labute approximate surface area is 91.7 Å². The monoisotopic (exact) mass is 211 g/mol. The van der Waals surface area contributed by atoms with Crippen LogP contribution in [0.4, 0.5) is 5.82 Å². The number of nitrogens with zero attached hydrogens (tertiary/aromatic N) is 2. The van der Waals surface area contributed by atoms with Crippen molar-refractivity contribution in [3.05, 3.63) is 42.6 Å². The van der Waals surface area contributed by atoms with Crippen LogP contribution in [-0.4, -0.2) is 10.1 Å². The van der Waals surface area contributed by atoms with E-state index in [9.17, 15) is 0 Å². The van der Waals surface area contributed by atoms with E-state index < -0.39 is 0 Å². The number of aromatic nitrogens is 2. The maximum atomic E-state index is 5.54. The average Bonchev–Trinajstić information content (AvgIpc) is 2.75. The molecule has 0 unspecified atom stereocenters. The van der Waals surface area contributed by atoms with Crippen molar-refractivity contribution in [2.75, 3.05) is 5.73 Å². The summed E-state index contributed by atoms with van der Waals surface area (Å²) in [7, 11) is 0. The Morgan fingerprint density at radius 3 is 2.88 bits per heavy atom. The van der Waals surface area contributed by atoms with E-state index in [4.69, 9.17) is 10.3 Å². The first-order valence-corrected chi connectivity index (χ1v) is 4.91. The molecule has 3 aromatic rings. The van der Waals surface area contributed by atoms with E-state index in [1.165, 1.54) is 0 Å². The van der Waals surface area contributed by atoms with Crippen molar-refractivity contribution in [1.82, 2.24) is 10.1 Å². The number of benzene rings is 1. The number of pyridine rings is 1. The molecule has 0 bridgehead atoms. The molecule has 0 aliphatic heterocycles. The second-order valence-electron chi connectivity index (χ2n) is 3.49. The molecule has 4 heteroatoms. The molecule has 0 saturated heterocycles. The Kier molecular flexibility index (Phi) is 1.86. The summed E-state index contributed by atoms with van der Waals surface area (Å²) in [6.45, 7) is 0. The fraction of sp³-hybridized carbons (Fsp3) is 0. The van der Waals surface area contributed by atoms with Gasteiger partial charge in [-0.2, -0.15) is 0 Å². The maximum absolute atomic E-state index is 5.54. The third-order valence-corrected chi connectivity index (χ3v) is 2.44. The molecule has 1 aromatic carbocycles. The predicted molar refractivity (Wildman–Crippen MR) is 61.7 cm³/mol. The molecule has 0 aliphatic rings. The molecule has 0 fully saturated rings. The van der Waals surface area contributed by atoms with Crippen LogP contribution < -0.4 is 5.73 Å². The molecule has 0 radical (unpaired) electrons. The van der Waals surface area contributed by atoms with Gasteiger partial charge >= 0.3 is 0 Å². The van der Waals surface area contributed by atoms with E-state index in [1.54, 1.807) is 12.3 Å². The number of rotatable bonds is 1. The minimum absolute atomic E-state index is 0.385. The quantitative estimate of drug-likeness (QED) is 0.671. The molecular weight excluding hydrogens is 202 g/mol. The normalized spacial score (nSPS) is 10.8. The lowest BCUT2D eigenvalue weighted by Gasteiger charge is -2.01. The van der Waals surface area contributed by atoms with E-state index >= 15 is 0 Å². The van der Waals surface area contributed by atoms with E-state index in [0.29, 0.717) is 11.6 Å². The number of fused-ring (bicyclic) bond motifs is 1. The first-order valence-electron chi connectivity index (χ1n) is 4.91. The van der Waals surface area contributed by atoms with Gasteiger partial charge in [-0.3, -0.25) is 4.98 Å². The maximum Gasteiger partial charge on any atom is 0.169 e. The molecule has 2 N–H and O–H groups in total. The van der Waals surface area contributed by atoms with Crippen LogP contribution in [0, 0.1) is 0 Å². The van der Waals surface area contributed by atoms with Crippen molar-refractivity contribution < 1.29 is 4.52 Å². The highest BCUT2D eigenvalue weighted by molar-refractivity contribution is 5.93. The minimum atomic E-state index is 0.385. The Morgan fingerprint density at radius 2 is 2.06 bits per heavy atom. The summed E-state index contributed by atoms with van der Waals surface area (Å²) in [6.07, 6.45) is 1.76. The molecule has 3 rings (SSSR count). The van der Waals surface area contributed by atoms with Crippen molar-refractivity contribution in [2.45, 2.75) is 0 Å². The van der Waals surface area contributed by atoms with Gasteiger partial charge in [-0.1, -0.05) is 23.4 Å². The van der Waals surface area contributed by atoms with E-state index in [1.807, 2.05) is 30.3 Å². The Bertz CT molecular complexity index is 640. The molecule has 4 nitrogen and oxygen atoms in total. The molecular formula is C12H9N3O. The zero-order chi connectivity index (χ0) is 11.0. The fourth-order valence-electron chi connectivity index (χ4n) is 1.73. The van der Waals surface area contributed by atoms with Crippen LogP contribution in [0.5, 0.6) is 0 Å². The van der Waals surface area contributed by atoms with Crippen LogP contribution in [0.25, 0.3) is 22.2 Å². The highest BCUT2D eigenvalue weighted by atomic mass is 16.5. The minimum Gasteiger partial charge on any atom is -0.381 e. The van der Waals surface area contributed by atoms with Gasteiger partial charge in [0.2, 0.25) is 0 Å². The van der Waals surface area contributed by atoms with Crippen LogP contribution in [0.15, 0.2) is 47.1 Å². The lowest BCUT2D eigenvalue weighted by Crippen LogP contribution is -1.82. The zero-order valence-corrected chi connectivity index (χ0v) is 8.42. The van der Waals surface area contributed by atoms with Gasteiger partial charge in [0.1, 0.15) is 0 Å². The molecule has 2 aromatic heterocycles. The Hall–Kier alpha value is -2.36. The second-order valence-corrected chi connectivity index (χ2v) is 3.49. The van der Waals surface area contributed by atoms with Gasteiger partial charge in [0.25, 0.3) is 0 Å². The highest BCUT2D eigenvalue weighted by Crippen LogP contribution is 2.28. The van der Waals surface area contributed by atoms with Crippen molar-refractivity contribution in [2.24, 2.45) is 0 Å². The zero-order valence-electron chi connectivity index (χ0n) is 8.42. The third kappa shape index (κ3) is 1.32. The van der Waals surface area contributed by atoms with Gasteiger partial charge in [0.05, 0.1) is 5.52 Å². The predicted octanol–water partition coefficient (Wildman–Crippen LogP) is 2.47. The van der Waals surface area contributed by atoms with Crippen LogP contribution in [0.3, 0.4) is 0 Å². The van der Waals surface area contributed by atoms with Crippen LogP contribution >= 0.6 is 0 Å². The van der Waals surface area contributed by atoms with Crippen molar-refractivity contribution in [3.63, 3.8) is 0 Å². The van der Waals surface area contributed by atoms with Gasteiger partial charge in [0, 0.05) is 23.2 Å². The van der Waals surface area contributed by atoms with Crippen molar-refractivity contribution >= 4 is 16.7 Å². The number of nitrogen functional groups attached to an aromatic ring is 1. The lowest BCUT2D eigenvalue weighted by atomic mass is 10.1. The smallest absolute Gasteiger partial charge is 0.169 e. The molecule has 0 saturated carbocycles. The summed E-state index contributed by atoms with van der Waals surface area (Å²) >= 11 is 0. The summed E-state index contributed by atoms with van der Waals surface area (Å²) in [5, 5.41) is 4.71. The SMILES string of the molecule is Nc1cc(-c2cccc3ncccc23)on1. The average molecular weight is 211 g/mol. The topological polar surface area (TPSA) is 64.9 Å². The van der Waals surface area contributed by atoms with Gasteiger partial charge in [-0.15, -0.1) is 0 Å². The third-order valence-electron chi connectivity index (χ3n) is 2.44. The molecule has 78 valence electrons. The largest absolute Gasteiger partial charge is 0.381 e. The summed E-state index contributed by atoms with van der Waals surface area (Å²) in [6, 6.07) is 11.5. The summed E-state index contributed by atoms with van der Waals surface area (Å²) in [4.78, 5) is 4.28. The Balaban J connectivity index is 2.31. The molecule has 2 heterocycles. The summed E-state index contributed by atoms with van der Waals surface area (Å²) < 4.78 is 5.16. The first kappa shape index (κ1) is 8.91. The molecule has 0 aliphatic carbocycles. The summed E-state index contributed by atoms with van der Waals surface area (Å²) in [5.74, 6) is 1.05. The number of hydrogen-bond donors (Lipinski definition) is 1. The Morgan fingerprint density at radius 1 is 1.12 bits per heavy atom. The van der Waals surface area contributed by atoms with Crippen LogP contribution in [0.2, 0.25) is 0 Å². The van der Waals surface area contributed by atoms with Gasteiger partial charge < -0.3 is 10.3 Å². The van der Waals surface area contributed by atoms with E-state index in [-0.39, 0.29) is 0 Å². The molecule has 16 heavy (non-hydrogen) atoms. The highest BCUT2D eigenvalue weighted by Gasteiger charge is 2.08. The molecule has 0 amide bonds. The fourth-order valence-corrected chi connectivity index (χ4v) is 1.73. The summed E-state index contributed by atoms with van der Waals surface area (Å²) in [5.41, 5.74) is 7.42. The van der Waals surface area contributed by atoms with E-state index in [2.05, 4.69) is 10.1 Å². The first-order chi connectivity index (χ1) is 7.84. The van der Waals surface area contributed by atoms with E-state index in [0.717, 1.165) is 16.5 Å². The lowest BCUT2D eigenvalue weighted by molar-refractivity contribution is 0.436.